The number of hydrogen-bond donors (Lipinski definition) is 0. The fraction of sp³-hybridized carbons (Fsp3) is 0.562. The van der Waals surface area contributed by atoms with Gasteiger partial charge in [0.2, 0.25) is 0 Å². The van der Waals surface area contributed by atoms with E-state index < -0.39 is 0 Å². The van der Waals surface area contributed by atoms with Crippen molar-refractivity contribution >= 4 is 28.6 Å². The number of aryl methyl sites for hydroxylation is 3. The number of rotatable bonds is 4. The van der Waals surface area contributed by atoms with Gasteiger partial charge in [0.1, 0.15) is 4.88 Å². The number of carbonyl (C=O) groups excluding carboxylic acids is 1. The van der Waals surface area contributed by atoms with Crippen LogP contribution in [0.5, 0.6) is 0 Å². The molecule has 118 valence electrons. The van der Waals surface area contributed by atoms with Gasteiger partial charge in [0.05, 0.1) is 21.9 Å². The Kier molecular flexibility index (Phi) is 4.59. The summed E-state index contributed by atoms with van der Waals surface area (Å²) in [7, 11) is 1.89. The molecule has 0 saturated heterocycles. The Labute approximate surface area is 139 Å². The zero-order valence-corrected chi connectivity index (χ0v) is 14.9. The second-order valence-corrected chi connectivity index (χ2v) is 8.19. The van der Waals surface area contributed by atoms with Gasteiger partial charge in [-0.15, -0.1) is 22.7 Å². The monoisotopic (exact) mass is 335 g/mol. The molecule has 0 spiro atoms. The highest BCUT2D eigenvalue weighted by Crippen LogP contribution is 2.35. The van der Waals surface area contributed by atoms with Crippen molar-refractivity contribution in [3.8, 4) is 0 Å². The van der Waals surface area contributed by atoms with Crippen molar-refractivity contribution in [3.05, 3.63) is 31.7 Å². The van der Waals surface area contributed by atoms with Crippen LogP contribution in [0.1, 0.15) is 55.9 Å². The summed E-state index contributed by atoms with van der Waals surface area (Å²) < 4.78 is 0. The number of aromatic nitrogens is 2. The number of thiazole rings is 2. The van der Waals surface area contributed by atoms with Gasteiger partial charge in [-0.1, -0.05) is 6.92 Å². The normalized spacial score (nSPS) is 17.3. The first-order valence-corrected chi connectivity index (χ1v) is 9.38. The molecule has 0 saturated carbocycles. The van der Waals surface area contributed by atoms with E-state index >= 15 is 0 Å². The molecule has 1 aliphatic rings. The van der Waals surface area contributed by atoms with Crippen molar-refractivity contribution in [3.63, 3.8) is 0 Å². The Bertz CT molecular complexity index is 677. The summed E-state index contributed by atoms with van der Waals surface area (Å²) in [5, 5.41) is 2.16. The highest BCUT2D eigenvalue weighted by molar-refractivity contribution is 7.13. The summed E-state index contributed by atoms with van der Waals surface area (Å²) >= 11 is 3.31. The molecule has 22 heavy (non-hydrogen) atoms. The van der Waals surface area contributed by atoms with Gasteiger partial charge in [0.25, 0.3) is 5.91 Å². The van der Waals surface area contributed by atoms with Gasteiger partial charge >= 0.3 is 0 Å². The molecule has 1 amide bonds. The largest absolute Gasteiger partial charge is 0.340 e. The van der Waals surface area contributed by atoms with E-state index in [4.69, 9.17) is 4.98 Å². The smallest absolute Gasteiger partial charge is 0.265 e. The van der Waals surface area contributed by atoms with Gasteiger partial charge in [-0.05, 0) is 32.6 Å². The molecule has 0 N–H and O–H groups in total. The number of fused-ring (bicyclic) bond motifs is 1. The fourth-order valence-corrected chi connectivity index (χ4v) is 4.90. The maximum Gasteiger partial charge on any atom is 0.265 e. The van der Waals surface area contributed by atoms with E-state index in [2.05, 4.69) is 18.8 Å². The van der Waals surface area contributed by atoms with E-state index in [0.717, 1.165) is 40.7 Å². The molecule has 2 aromatic rings. The van der Waals surface area contributed by atoms with E-state index in [1.807, 2.05) is 23.3 Å². The molecule has 3 rings (SSSR count). The van der Waals surface area contributed by atoms with E-state index in [1.54, 1.807) is 6.20 Å². The molecule has 2 heterocycles. The first-order valence-electron chi connectivity index (χ1n) is 7.74. The molecule has 2 aromatic heterocycles. The fourth-order valence-electron chi connectivity index (χ4n) is 2.98. The van der Waals surface area contributed by atoms with Crippen LogP contribution in [-0.4, -0.2) is 34.4 Å². The predicted octanol–water partition coefficient (Wildman–Crippen LogP) is 3.66. The van der Waals surface area contributed by atoms with E-state index in [-0.39, 0.29) is 5.91 Å². The Morgan fingerprint density at radius 3 is 3.00 bits per heavy atom. The Balaban J connectivity index is 1.71. The minimum Gasteiger partial charge on any atom is -0.340 e. The van der Waals surface area contributed by atoms with Crippen LogP contribution in [0.4, 0.5) is 0 Å². The molecule has 1 atom stereocenters. The Morgan fingerprint density at radius 1 is 1.45 bits per heavy atom. The molecule has 6 heteroatoms. The minimum atomic E-state index is 0.0799. The van der Waals surface area contributed by atoms with Gasteiger partial charge in [-0.25, -0.2) is 9.97 Å². The van der Waals surface area contributed by atoms with Crippen LogP contribution in [0.2, 0.25) is 0 Å². The zero-order chi connectivity index (χ0) is 15.7. The van der Waals surface area contributed by atoms with Gasteiger partial charge in [0.15, 0.2) is 0 Å². The van der Waals surface area contributed by atoms with Crippen LogP contribution in [0, 0.1) is 6.92 Å². The van der Waals surface area contributed by atoms with Crippen LogP contribution in [0.15, 0.2) is 6.20 Å². The molecule has 0 unspecified atom stereocenters. The molecule has 0 fully saturated rings. The van der Waals surface area contributed by atoms with Crippen molar-refractivity contribution in [1.82, 2.24) is 14.9 Å². The molecule has 0 radical (unpaired) electrons. The molecule has 4 nitrogen and oxygen atoms in total. The SMILES string of the molecule is CCc1ncc(C(=O)N(C)C[C@H]2CCCc3sc(C)nc32)s1. The third kappa shape index (κ3) is 3.08. The third-order valence-electron chi connectivity index (χ3n) is 4.09. The molecule has 0 aromatic carbocycles. The highest BCUT2D eigenvalue weighted by atomic mass is 32.1. The summed E-state index contributed by atoms with van der Waals surface area (Å²) in [6, 6.07) is 0. The lowest BCUT2D eigenvalue weighted by atomic mass is 9.90. The molecular formula is C16H21N3OS2. The third-order valence-corrected chi connectivity index (χ3v) is 6.26. The topological polar surface area (TPSA) is 46.1 Å². The molecular weight excluding hydrogens is 314 g/mol. The minimum absolute atomic E-state index is 0.0799. The van der Waals surface area contributed by atoms with Crippen molar-refractivity contribution in [2.75, 3.05) is 13.6 Å². The lowest BCUT2D eigenvalue weighted by Gasteiger charge is -2.26. The standard InChI is InChI=1S/C16H21N3OS2/c1-4-14-17-8-13(22-14)16(20)19(3)9-11-6-5-7-12-15(11)18-10(2)21-12/h8,11H,4-7,9H2,1-3H3/t11-/m1/s1. The molecule has 1 aliphatic carbocycles. The van der Waals surface area contributed by atoms with Crippen LogP contribution in [0.3, 0.4) is 0 Å². The summed E-state index contributed by atoms with van der Waals surface area (Å²) in [6.07, 6.45) is 6.05. The second kappa shape index (κ2) is 6.46. The summed E-state index contributed by atoms with van der Waals surface area (Å²) in [5.41, 5.74) is 1.23. The summed E-state index contributed by atoms with van der Waals surface area (Å²) in [4.78, 5) is 25.5. The van der Waals surface area contributed by atoms with E-state index in [1.165, 1.54) is 28.3 Å². The summed E-state index contributed by atoms with van der Waals surface area (Å²) in [6.45, 7) is 4.87. The van der Waals surface area contributed by atoms with Crippen molar-refractivity contribution in [1.29, 1.82) is 0 Å². The van der Waals surface area contributed by atoms with Crippen molar-refractivity contribution in [2.45, 2.75) is 45.4 Å². The van der Waals surface area contributed by atoms with Crippen LogP contribution < -0.4 is 0 Å². The Hall–Kier alpha value is -1.27. The van der Waals surface area contributed by atoms with Gasteiger partial charge < -0.3 is 4.90 Å². The van der Waals surface area contributed by atoms with Crippen LogP contribution >= 0.6 is 22.7 Å². The number of likely N-dealkylation sites (N-methyl/N-ethyl adjacent to an activating group) is 1. The first kappa shape index (κ1) is 15.6. The van der Waals surface area contributed by atoms with E-state index in [0.29, 0.717) is 5.92 Å². The quantitative estimate of drug-likeness (QED) is 0.856. The lowest BCUT2D eigenvalue weighted by molar-refractivity contribution is 0.0787. The zero-order valence-electron chi connectivity index (χ0n) is 13.3. The van der Waals surface area contributed by atoms with Gasteiger partial charge in [-0.3, -0.25) is 4.79 Å². The van der Waals surface area contributed by atoms with Crippen molar-refractivity contribution in [2.24, 2.45) is 0 Å². The van der Waals surface area contributed by atoms with Crippen molar-refractivity contribution < 1.29 is 4.79 Å². The van der Waals surface area contributed by atoms with Gasteiger partial charge in [-0.2, -0.15) is 0 Å². The van der Waals surface area contributed by atoms with E-state index in [9.17, 15) is 4.79 Å². The first-order chi connectivity index (χ1) is 10.6. The average molecular weight is 335 g/mol. The molecule has 0 aliphatic heterocycles. The predicted molar refractivity (Wildman–Crippen MR) is 91.0 cm³/mol. The molecule has 0 bridgehead atoms. The highest BCUT2D eigenvalue weighted by Gasteiger charge is 2.27. The second-order valence-electron chi connectivity index (χ2n) is 5.79. The van der Waals surface area contributed by atoms with Crippen LogP contribution in [-0.2, 0) is 12.8 Å². The Morgan fingerprint density at radius 2 is 2.27 bits per heavy atom. The van der Waals surface area contributed by atoms with Gasteiger partial charge in [0, 0.05) is 24.4 Å². The van der Waals surface area contributed by atoms with Crippen LogP contribution in [0.25, 0.3) is 0 Å². The number of hydrogen-bond acceptors (Lipinski definition) is 5. The lowest BCUT2D eigenvalue weighted by Crippen LogP contribution is -2.31. The number of carbonyl (C=O) groups is 1. The average Bonchev–Trinajstić information content (AvgIpc) is 3.12. The maximum absolute atomic E-state index is 12.5. The number of amides is 1. The number of nitrogens with zero attached hydrogens (tertiary/aromatic N) is 3. The summed E-state index contributed by atoms with van der Waals surface area (Å²) in [5.74, 6) is 0.456. The maximum atomic E-state index is 12.5.